The summed E-state index contributed by atoms with van der Waals surface area (Å²) in [5.74, 6) is -2.62. The highest BCUT2D eigenvalue weighted by Gasteiger charge is 2.49. The van der Waals surface area contributed by atoms with Crippen LogP contribution < -0.4 is 5.73 Å². The summed E-state index contributed by atoms with van der Waals surface area (Å²) in [6.07, 6.45) is 0. The standard InChI is InChI=1S/C20H22N2O6S/c1-4-27-19(25)14-13(11-6-8-12(23)9-7-11)15(20(26)28-5-2)18-22(16(14)21)17(24)10(3)29-18/h6-10,13,23H,4-5,21H2,1-3H3/t10-,13-/m0/s1. The number of phenolic OH excluding ortho intramolecular Hbond substituents is 1. The second-order valence-electron chi connectivity index (χ2n) is 6.42. The number of hydrogen-bond donors (Lipinski definition) is 2. The number of carbonyl (C=O) groups is 3. The predicted molar refractivity (Wildman–Crippen MR) is 106 cm³/mol. The molecule has 0 aromatic heterocycles. The molecule has 2 aliphatic rings. The fraction of sp³-hybridized carbons (Fsp3) is 0.350. The summed E-state index contributed by atoms with van der Waals surface area (Å²) in [5.41, 5.74) is 6.96. The summed E-state index contributed by atoms with van der Waals surface area (Å²) < 4.78 is 10.4. The van der Waals surface area contributed by atoms with E-state index in [9.17, 15) is 19.5 Å². The maximum atomic E-state index is 12.9. The van der Waals surface area contributed by atoms with E-state index < -0.39 is 23.1 Å². The molecule has 1 aromatic carbocycles. The smallest absolute Gasteiger partial charge is 0.338 e. The van der Waals surface area contributed by atoms with Gasteiger partial charge < -0.3 is 20.3 Å². The molecule has 2 atom stereocenters. The van der Waals surface area contributed by atoms with Crippen LogP contribution in [0.3, 0.4) is 0 Å². The van der Waals surface area contributed by atoms with Gasteiger partial charge in [0, 0.05) is 0 Å². The molecule has 3 N–H and O–H groups in total. The molecule has 0 spiro atoms. The molecule has 1 aromatic rings. The van der Waals surface area contributed by atoms with Gasteiger partial charge in [0.2, 0.25) is 5.91 Å². The number of esters is 2. The zero-order valence-electron chi connectivity index (χ0n) is 16.3. The van der Waals surface area contributed by atoms with Gasteiger partial charge in [0.05, 0.1) is 40.6 Å². The van der Waals surface area contributed by atoms with Crippen molar-refractivity contribution in [3.8, 4) is 5.75 Å². The molecule has 1 fully saturated rings. The van der Waals surface area contributed by atoms with Gasteiger partial charge in [-0.1, -0.05) is 23.9 Å². The van der Waals surface area contributed by atoms with Crippen molar-refractivity contribution in [2.24, 2.45) is 5.73 Å². The number of nitrogens with two attached hydrogens (primary N) is 1. The van der Waals surface area contributed by atoms with Crippen LogP contribution >= 0.6 is 11.8 Å². The number of thioether (sulfide) groups is 1. The molecule has 2 aliphatic heterocycles. The summed E-state index contributed by atoms with van der Waals surface area (Å²) in [5, 5.41) is 9.53. The quantitative estimate of drug-likeness (QED) is 0.697. The summed E-state index contributed by atoms with van der Waals surface area (Å²) in [6.45, 7) is 5.25. The van der Waals surface area contributed by atoms with Gasteiger partial charge in [0.1, 0.15) is 11.6 Å². The Bertz CT molecular complexity index is 921. The molecule has 0 radical (unpaired) electrons. The van der Waals surface area contributed by atoms with Gasteiger partial charge in [-0.2, -0.15) is 0 Å². The Kier molecular flexibility index (Phi) is 5.88. The van der Waals surface area contributed by atoms with E-state index in [0.717, 1.165) is 0 Å². The second kappa shape index (κ2) is 8.20. The van der Waals surface area contributed by atoms with Crippen LogP contribution in [0.5, 0.6) is 5.75 Å². The minimum atomic E-state index is -0.898. The van der Waals surface area contributed by atoms with Crippen LogP contribution in [-0.4, -0.2) is 46.3 Å². The maximum Gasteiger partial charge on any atom is 0.338 e. The Balaban J connectivity index is 2.28. The van der Waals surface area contributed by atoms with E-state index in [4.69, 9.17) is 15.2 Å². The summed E-state index contributed by atoms with van der Waals surface area (Å²) in [6, 6.07) is 6.08. The highest BCUT2D eigenvalue weighted by Crippen LogP contribution is 2.49. The molecular weight excluding hydrogens is 396 g/mol. The van der Waals surface area contributed by atoms with Crippen LogP contribution in [0, 0.1) is 0 Å². The highest BCUT2D eigenvalue weighted by molar-refractivity contribution is 8.04. The Morgan fingerprint density at radius 2 is 1.66 bits per heavy atom. The number of nitrogens with zero attached hydrogens (tertiary/aromatic N) is 1. The predicted octanol–water partition coefficient (Wildman–Crippen LogP) is 1.96. The third-order valence-electron chi connectivity index (χ3n) is 4.60. The van der Waals surface area contributed by atoms with Gasteiger partial charge >= 0.3 is 11.9 Å². The monoisotopic (exact) mass is 418 g/mol. The number of ether oxygens (including phenoxy) is 2. The number of hydrogen-bond acceptors (Lipinski definition) is 8. The fourth-order valence-corrected chi connectivity index (χ4v) is 4.51. The number of amides is 1. The number of benzene rings is 1. The first kappa shape index (κ1) is 20.8. The zero-order chi connectivity index (χ0) is 21.3. The molecule has 9 heteroatoms. The van der Waals surface area contributed by atoms with Crippen molar-refractivity contribution in [3.05, 3.63) is 51.8 Å². The average molecular weight is 418 g/mol. The summed E-state index contributed by atoms with van der Waals surface area (Å²) in [4.78, 5) is 39.7. The third kappa shape index (κ3) is 3.57. The van der Waals surface area contributed by atoms with Gasteiger partial charge in [-0.25, -0.2) is 9.59 Å². The first-order valence-electron chi connectivity index (χ1n) is 9.19. The lowest BCUT2D eigenvalue weighted by Gasteiger charge is -2.33. The lowest BCUT2D eigenvalue weighted by atomic mass is 9.82. The van der Waals surface area contributed by atoms with E-state index in [0.29, 0.717) is 10.6 Å². The minimum Gasteiger partial charge on any atom is -0.508 e. The van der Waals surface area contributed by atoms with Crippen molar-refractivity contribution >= 4 is 29.6 Å². The molecule has 0 saturated carbocycles. The van der Waals surface area contributed by atoms with Crippen LogP contribution in [0.15, 0.2) is 46.3 Å². The number of fused-ring (bicyclic) bond motifs is 1. The van der Waals surface area contributed by atoms with Gasteiger partial charge in [-0.05, 0) is 38.5 Å². The Labute approximate surface area is 172 Å². The molecular formula is C20H22N2O6S. The Morgan fingerprint density at radius 3 is 2.21 bits per heavy atom. The molecule has 8 nitrogen and oxygen atoms in total. The van der Waals surface area contributed by atoms with Crippen LogP contribution in [0.4, 0.5) is 0 Å². The topological polar surface area (TPSA) is 119 Å². The summed E-state index contributed by atoms with van der Waals surface area (Å²) in [7, 11) is 0. The van der Waals surface area contributed by atoms with Crippen LogP contribution in [0.2, 0.25) is 0 Å². The molecule has 2 heterocycles. The molecule has 0 bridgehead atoms. The number of phenols is 1. The lowest BCUT2D eigenvalue weighted by molar-refractivity contribution is -0.139. The zero-order valence-corrected chi connectivity index (χ0v) is 17.1. The number of rotatable bonds is 5. The van der Waals surface area contributed by atoms with Gasteiger partial charge in [-0.3, -0.25) is 9.69 Å². The average Bonchev–Trinajstić information content (AvgIpc) is 2.97. The highest BCUT2D eigenvalue weighted by atomic mass is 32.2. The molecule has 3 rings (SSSR count). The molecule has 1 amide bonds. The maximum absolute atomic E-state index is 12.9. The van der Waals surface area contributed by atoms with E-state index in [-0.39, 0.29) is 41.8 Å². The van der Waals surface area contributed by atoms with Crippen molar-refractivity contribution in [1.29, 1.82) is 0 Å². The van der Waals surface area contributed by atoms with Gasteiger partial charge in [-0.15, -0.1) is 0 Å². The van der Waals surface area contributed by atoms with Crippen molar-refractivity contribution < 1.29 is 29.0 Å². The SMILES string of the molecule is CCOC(=O)C1=C(N)N2C(=O)[C@H](C)SC2=C(C(=O)OCC)[C@H]1c1ccc(O)cc1. The first-order valence-corrected chi connectivity index (χ1v) is 10.1. The van der Waals surface area contributed by atoms with Crippen LogP contribution in [0.1, 0.15) is 32.3 Å². The third-order valence-corrected chi connectivity index (χ3v) is 5.78. The first-order chi connectivity index (χ1) is 13.8. The van der Waals surface area contributed by atoms with Gasteiger partial charge in [0.15, 0.2) is 0 Å². The van der Waals surface area contributed by atoms with Crippen molar-refractivity contribution in [1.82, 2.24) is 4.90 Å². The Morgan fingerprint density at radius 1 is 1.10 bits per heavy atom. The number of carbonyl (C=O) groups excluding carboxylic acids is 3. The minimum absolute atomic E-state index is 0.00704. The van der Waals surface area contributed by atoms with Crippen molar-refractivity contribution in [2.75, 3.05) is 13.2 Å². The van der Waals surface area contributed by atoms with Crippen molar-refractivity contribution in [3.63, 3.8) is 0 Å². The number of aromatic hydroxyl groups is 1. The largest absolute Gasteiger partial charge is 0.508 e. The molecule has 1 saturated heterocycles. The molecule has 29 heavy (non-hydrogen) atoms. The molecule has 0 unspecified atom stereocenters. The van der Waals surface area contributed by atoms with E-state index in [2.05, 4.69) is 0 Å². The fourth-order valence-electron chi connectivity index (χ4n) is 3.35. The van der Waals surface area contributed by atoms with Crippen LogP contribution in [0.25, 0.3) is 0 Å². The normalized spacial score (nSPS) is 21.3. The van der Waals surface area contributed by atoms with Crippen molar-refractivity contribution in [2.45, 2.75) is 31.9 Å². The Hall–Kier alpha value is -2.94. The van der Waals surface area contributed by atoms with E-state index in [1.807, 2.05) is 0 Å². The second-order valence-corrected chi connectivity index (χ2v) is 7.75. The van der Waals surface area contributed by atoms with E-state index >= 15 is 0 Å². The van der Waals surface area contributed by atoms with E-state index in [1.165, 1.54) is 28.8 Å². The summed E-state index contributed by atoms with van der Waals surface area (Å²) >= 11 is 1.19. The van der Waals surface area contributed by atoms with E-state index in [1.54, 1.807) is 32.9 Å². The molecule has 154 valence electrons. The van der Waals surface area contributed by atoms with Crippen LogP contribution in [-0.2, 0) is 23.9 Å². The molecule has 0 aliphatic carbocycles. The van der Waals surface area contributed by atoms with Gasteiger partial charge in [0.25, 0.3) is 0 Å². The lowest BCUT2D eigenvalue weighted by Crippen LogP contribution is -2.40.